The molecule has 162 valence electrons. The quantitative estimate of drug-likeness (QED) is 0.539. The van der Waals surface area contributed by atoms with E-state index in [1.807, 2.05) is 6.92 Å². The Balaban J connectivity index is 2.00. The first kappa shape index (κ1) is 22.4. The van der Waals surface area contributed by atoms with Crippen LogP contribution in [0.25, 0.3) is 0 Å². The topological polar surface area (TPSA) is 92.8 Å². The predicted molar refractivity (Wildman–Crippen MR) is 116 cm³/mol. The monoisotopic (exact) mass is 462 g/mol. The van der Waals surface area contributed by atoms with Gasteiger partial charge < -0.3 is 10.1 Å². The summed E-state index contributed by atoms with van der Waals surface area (Å²) in [5, 5.41) is 3.83. The number of carbonyl (C=O) groups excluding carboxylic acids is 2. The predicted octanol–water partition coefficient (Wildman–Crippen LogP) is 3.82. The van der Waals surface area contributed by atoms with Crippen molar-refractivity contribution < 1.29 is 27.1 Å². The number of aryl methyl sites for hydroxylation is 1. The largest absolute Gasteiger partial charge is 0.465 e. The molecule has 1 aromatic heterocycles. The molecule has 7 nitrogen and oxygen atoms in total. The number of benzene rings is 2. The van der Waals surface area contributed by atoms with Gasteiger partial charge in [-0.1, -0.05) is 29.8 Å². The first-order valence-electron chi connectivity index (χ1n) is 9.03. The SMILES string of the molecule is COC(=O)c1sccc1S(=O)(=O)N(CC(=O)Nc1ccccc1F)c1ccc(C)cc1. The maximum absolute atomic E-state index is 13.9. The van der Waals surface area contributed by atoms with Crippen molar-refractivity contribution in [3.05, 3.63) is 76.2 Å². The smallest absolute Gasteiger partial charge is 0.349 e. The van der Waals surface area contributed by atoms with Crippen molar-refractivity contribution in [3.8, 4) is 0 Å². The molecule has 0 saturated heterocycles. The number of nitrogens with one attached hydrogen (secondary N) is 1. The van der Waals surface area contributed by atoms with Crippen molar-refractivity contribution >= 4 is 44.6 Å². The summed E-state index contributed by atoms with van der Waals surface area (Å²) in [6, 6.07) is 13.3. The highest BCUT2D eigenvalue weighted by Gasteiger charge is 2.32. The number of halogens is 1. The summed E-state index contributed by atoms with van der Waals surface area (Å²) in [6.45, 7) is 1.21. The van der Waals surface area contributed by atoms with Crippen LogP contribution in [0.1, 0.15) is 15.2 Å². The summed E-state index contributed by atoms with van der Waals surface area (Å²) in [5.41, 5.74) is 1.04. The average molecular weight is 463 g/mol. The molecular formula is C21H19FN2O5S2. The molecule has 2 aromatic carbocycles. The third-order valence-corrected chi connectivity index (χ3v) is 7.16. The van der Waals surface area contributed by atoms with E-state index < -0.39 is 34.3 Å². The Labute approximate surface area is 183 Å². The van der Waals surface area contributed by atoms with E-state index in [1.54, 1.807) is 30.3 Å². The molecule has 31 heavy (non-hydrogen) atoms. The average Bonchev–Trinajstić information content (AvgIpc) is 3.25. The number of carbonyl (C=O) groups is 2. The molecule has 0 bridgehead atoms. The van der Waals surface area contributed by atoms with Crippen LogP contribution in [0.2, 0.25) is 0 Å². The molecule has 0 unspecified atom stereocenters. The lowest BCUT2D eigenvalue weighted by Crippen LogP contribution is -2.38. The number of hydrogen-bond donors (Lipinski definition) is 1. The molecule has 3 aromatic rings. The number of nitrogens with zero attached hydrogens (tertiary/aromatic N) is 1. The van der Waals surface area contributed by atoms with Crippen molar-refractivity contribution in [2.45, 2.75) is 11.8 Å². The maximum atomic E-state index is 13.9. The number of para-hydroxylation sites is 1. The number of anilines is 2. The second-order valence-corrected chi connectivity index (χ2v) is 9.23. The minimum atomic E-state index is -4.32. The zero-order valence-corrected chi connectivity index (χ0v) is 18.3. The Morgan fingerprint density at radius 3 is 2.42 bits per heavy atom. The van der Waals surface area contributed by atoms with Crippen LogP contribution < -0.4 is 9.62 Å². The maximum Gasteiger partial charge on any atom is 0.349 e. The van der Waals surface area contributed by atoms with Crippen molar-refractivity contribution in [2.24, 2.45) is 0 Å². The number of methoxy groups -OCH3 is 1. The summed E-state index contributed by atoms with van der Waals surface area (Å²) in [6.07, 6.45) is 0. The Morgan fingerprint density at radius 1 is 1.10 bits per heavy atom. The van der Waals surface area contributed by atoms with Gasteiger partial charge in [0.15, 0.2) is 0 Å². The van der Waals surface area contributed by atoms with Crippen LogP contribution >= 0.6 is 11.3 Å². The van der Waals surface area contributed by atoms with Crippen LogP contribution in [0.5, 0.6) is 0 Å². The molecule has 1 amide bonds. The van der Waals surface area contributed by atoms with Gasteiger partial charge in [0.05, 0.1) is 18.5 Å². The summed E-state index contributed by atoms with van der Waals surface area (Å²) in [5.74, 6) is -2.19. The van der Waals surface area contributed by atoms with E-state index in [0.29, 0.717) is 0 Å². The molecule has 1 N–H and O–H groups in total. The van der Waals surface area contributed by atoms with Crippen molar-refractivity contribution in [2.75, 3.05) is 23.3 Å². The molecule has 0 spiro atoms. The van der Waals surface area contributed by atoms with E-state index in [9.17, 15) is 22.4 Å². The molecule has 0 aliphatic carbocycles. The molecule has 0 atom stereocenters. The van der Waals surface area contributed by atoms with Gasteiger partial charge >= 0.3 is 5.97 Å². The van der Waals surface area contributed by atoms with Gasteiger partial charge in [-0.3, -0.25) is 9.10 Å². The van der Waals surface area contributed by atoms with Gasteiger partial charge in [-0.2, -0.15) is 0 Å². The van der Waals surface area contributed by atoms with Crippen LogP contribution in [-0.2, 0) is 19.6 Å². The number of hydrogen-bond acceptors (Lipinski definition) is 6. The summed E-state index contributed by atoms with van der Waals surface area (Å²) < 4.78 is 46.3. The van der Waals surface area contributed by atoms with E-state index in [4.69, 9.17) is 0 Å². The number of thiophene rings is 1. The number of amides is 1. The normalized spacial score (nSPS) is 11.1. The van der Waals surface area contributed by atoms with E-state index in [-0.39, 0.29) is 21.1 Å². The molecule has 10 heteroatoms. The molecule has 1 heterocycles. The molecule has 0 radical (unpaired) electrons. The van der Waals surface area contributed by atoms with Gasteiger partial charge in [0.25, 0.3) is 10.0 Å². The summed E-state index contributed by atoms with van der Waals surface area (Å²) in [4.78, 5) is 24.3. The lowest BCUT2D eigenvalue weighted by Gasteiger charge is -2.24. The van der Waals surface area contributed by atoms with E-state index in [2.05, 4.69) is 10.1 Å². The number of esters is 1. The van der Waals surface area contributed by atoms with Gasteiger partial charge in [-0.15, -0.1) is 11.3 Å². The second kappa shape index (κ2) is 9.27. The number of rotatable bonds is 7. The van der Waals surface area contributed by atoms with Crippen LogP contribution in [0.3, 0.4) is 0 Å². The standard InChI is InChI=1S/C21H19FN2O5S2/c1-14-7-9-15(10-8-14)24(13-19(25)23-17-6-4-3-5-16(17)22)31(27,28)18-11-12-30-20(18)21(26)29-2/h3-12H,13H2,1-2H3,(H,23,25). The lowest BCUT2D eigenvalue weighted by atomic mass is 10.2. The van der Waals surface area contributed by atoms with Crippen molar-refractivity contribution in [1.29, 1.82) is 0 Å². The summed E-state index contributed by atoms with van der Waals surface area (Å²) >= 11 is 0.917. The molecular weight excluding hydrogens is 443 g/mol. The first-order chi connectivity index (χ1) is 14.7. The molecule has 0 aliphatic heterocycles. The van der Waals surface area contributed by atoms with Gasteiger partial charge in [0, 0.05) is 0 Å². The lowest BCUT2D eigenvalue weighted by molar-refractivity contribution is -0.114. The van der Waals surface area contributed by atoms with Crippen LogP contribution in [-0.4, -0.2) is 33.9 Å². The molecule has 0 fully saturated rings. The highest BCUT2D eigenvalue weighted by molar-refractivity contribution is 7.93. The fourth-order valence-electron chi connectivity index (χ4n) is 2.77. The number of ether oxygens (including phenoxy) is 1. The van der Waals surface area contributed by atoms with Gasteiger partial charge in [-0.05, 0) is 42.6 Å². The fraction of sp³-hybridized carbons (Fsp3) is 0.143. The third-order valence-electron chi connectivity index (χ3n) is 4.33. The Hall–Kier alpha value is -3.24. The van der Waals surface area contributed by atoms with Gasteiger partial charge in [0.2, 0.25) is 5.91 Å². The van der Waals surface area contributed by atoms with Crippen LogP contribution in [0, 0.1) is 12.7 Å². The van der Waals surface area contributed by atoms with Gasteiger partial charge in [0.1, 0.15) is 22.1 Å². The third kappa shape index (κ3) is 4.92. The molecule has 0 aliphatic rings. The van der Waals surface area contributed by atoms with Crippen molar-refractivity contribution in [1.82, 2.24) is 0 Å². The van der Waals surface area contributed by atoms with E-state index >= 15 is 0 Å². The Kier molecular flexibility index (Phi) is 6.71. The van der Waals surface area contributed by atoms with Crippen molar-refractivity contribution in [3.63, 3.8) is 0 Å². The Morgan fingerprint density at radius 2 is 1.77 bits per heavy atom. The Bertz CT molecular complexity index is 1210. The summed E-state index contributed by atoms with van der Waals surface area (Å²) in [7, 11) is -3.17. The minimum absolute atomic E-state index is 0.0699. The van der Waals surface area contributed by atoms with E-state index in [0.717, 1.165) is 28.3 Å². The second-order valence-electron chi connectivity index (χ2n) is 6.48. The zero-order valence-electron chi connectivity index (χ0n) is 16.7. The minimum Gasteiger partial charge on any atom is -0.465 e. The van der Waals surface area contributed by atoms with Crippen LogP contribution in [0.4, 0.5) is 15.8 Å². The zero-order chi connectivity index (χ0) is 22.6. The fourth-order valence-corrected chi connectivity index (χ4v) is 5.50. The molecule has 0 saturated carbocycles. The highest BCUT2D eigenvalue weighted by Crippen LogP contribution is 2.29. The van der Waals surface area contributed by atoms with Crippen LogP contribution in [0.15, 0.2) is 64.9 Å². The first-order valence-corrected chi connectivity index (χ1v) is 11.4. The molecule has 3 rings (SSSR count). The highest BCUT2D eigenvalue weighted by atomic mass is 32.2. The van der Waals surface area contributed by atoms with Gasteiger partial charge in [-0.25, -0.2) is 17.6 Å². The number of sulfonamides is 1. The van der Waals surface area contributed by atoms with E-state index in [1.165, 1.54) is 29.6 Å².